The Kier molecular flexibility index (Phi) is 2.11. The topological polar surface area (TPSA) is 50.1 Å². The van der Waals surface area contributed by atoms with Gasteiger partial charge in [-0.25, -0.2) is 0 Å². The predicted octanol–water partition coefficient (Wildman–Crippen LogP) is 0.0444. The third kappa shape index (κ3) is 1.39. The van der Waals surface area contributed by atoms with Gasteiger partial charge in [-0.1, -0.05) is 6.92 Å². The van der Waals surface area contributed by atoms with E-state index in [1.807, 2.05) is 0 Å². The van der Waals surface area contributed by atoms with Crippen molar-refractivity contribution in [2.75, 3.05) is 6.54 Å². The molecule has 1 rings (SSSR count). The van der Waals surface area contributed by atoms with Crippen LogP contribution in [0.3, 0.4) is 0 Å². The van der Waals surface area contributed by atoms with Crippen LogP contribution in [0.25, 0.3) is 0 Å². The maximum Gasteiger partial charge on any atom is 0.172 e. The predicted molar refractivity (Wildman–Crippen MR) is 45.2 cm³/mol. The molecule has 0 radical (unpaired) electrons. The SMILES string of the molecule is CCC1=C(N)NC(=S)NC1. The number of nitrogens with one attached hydrogen (secondary N) is 2. The fraction of sp³-hybridized carbons (Fsp3) is 0.500. The molecule has 0 saturated heterocycles. The summed E-state index contributed by atoms with van der Waals surface area (Å²) in [7, 11) is 0. The molecule has 0 aromatic rings. The highest BCUT2D eigenvalue weighted by molar-refractivity contribution is 7.80. The van der Waals surface area contributed by atoms with Crippen LogP contribution in [0, 0.1) is 0 Å². The minimum Gasteiger partial charge on any atom is -0.385 e. The molecule has 0 aliphatic carbocycles. The Balaban J connectivity index is 2.70. The Morgan fingerprint density at radius 2 is 2.40 bits per heavy atom. The molecule has 3 nitrogen and oxygen atoms in total. The Labute approximate surface area is 65.7 Å². The molecule has 0 aromatic heterocycles. The lowest BCUT2D eigenvalue weighted by Gasteiger charge is -2.20. The van der Waals surface area contributed by atoms with E-state index >= 15 is 0 Å². The van der Waals surface area contributed by atoms with Gasteiger partial charge in [0.05, 0.1) is 0 Å². The van der Waals surface area contributed by atoms with Crippen LogP contribution >= 0.6 is 12.2 Å². The molecule has 4 N–H and O–H groups in total. The van der Waals surface area contributed by atoms with Crippen LogP contribution in [0.1, 0.15) is 13.3 Å². The summed E-state index contributed by atoms with van der Waals surface area (Å²) in [6, 6.07) is 0. The number of nitrogens with two attached hydrogens (primary N) is 1. The van der Waals surface area contributed by atoms with Gasteiger partial charge in [0.15, 0.2) is 5.11 Å². The van der Waals surface area contributed by atoms with Crippen LogP contribution in [-0.4, -0.2) is 11.7 Å². The van der Waals surface area contributed by atoms with Crippen LogP contribution in [-0.2, 0) is 0 Å². The van der Waals surface area contributed by atoms with E-state index in [4.69, 9.17) is 18.0 Å². The maximum absolute atomic E-state index is 5.62. The van der Waals surface area contributed by atoms with E-state index < -0.39 is 0 Å². The van der Waals surface area contributed by atoms with Crippen molar-refractivity contribution in [2.24, 2.45) is 5.73 Å². The van der Waals surface area contributed by atoms with Crippen molar-refractivity contribution < 1.29 is 0 Å². The second-order valence-electron chi connectivity index (χ2n) is 2.18. The largest absolute Gasteiger partial charge is 0.385 e. The van der Waals surface area contributed by atoms with E-state index in [2.05, 4.69) is 17.6 Å². The number of hydrogen-bond acceptors (Lipinski definition) is 2. The van der Waals surface area contributed by atoms with Crippen molar-refractivity contribution in [3.05, 3.63) is 11.4 Å². The Bertz CT molecular complexity index is 185. The fourth-order valence-corrected chi connectivity index (χ4v) is 1.03. The summed E-state index contributed by atoms with van der Waals surface area (Å²) in [4.78, 5) is 0. The van der Waals surface area contributed by atoms with Crippen molar-refractivity contribution in [3.63, 3.8) is 0 Å². The van der Waals surface area contributed by atoms with Gasteiger partial charge in [0.25, 0.3) is 0 Å². The van der Waals surface area contributed by atoms with Gasteiger partial charge < -0.3 is 16.4 Å². The molecule has 0 saturated carbocycles. The van der Waals surface area contributed by atoms with Gasteiger partial charge in [-0.05, 0) is 24.2 Å². The molecule has 4 heteroatoms. The molecule has 0 bridgehead atoms. The summed E-state index contributed by atoms with van der Waals surface area (Å²) in [6.45, 7) is 2.86. The molecule has 0 atom stereocenters. The number of rotatable bonds is 1. The van der Waals surface area contributed by atoms with Gasteiger partial charge in [-0.2, -0.15) is 0 Å². The van der Waals surface area contributed by atoms with Crippen molar-refractivity contribution in [1.82, 2.24) is 10.6 Å². The van der Waals surface area contributed by atoms with E-state index in [1.165, 1.54) is 5.57 Å². The van der Waals surface area contributed by atoms with Crippen LogP contribution < -0.4 is 16.4 Å². The molecule has 0 spiro atoms. The van der Waals surface area contributed by atoms with E-state index in [0.717, 1.165) is 13.0 Å². The molecule has 1 heterocycles. The summed E-state index contributed by atoms with van der Waals surface area (Å²) in [5, 5.41) is 6.47. The molecule has 56 valence electrons. The zero-order valence-corrected chi connectivity index (χ0v) is 6.72. The standard InChI is InChI=1S/C6H11N3S/c1-2-4-3-8-6(10)9-5(4)7/h2-3,7H2,1H3,(H2,8,9,10). The first-order valence-corrected chi connectivity index (χ1v) is 3.67. The van der Waals surface area contributed by atoms with Crippen molar-refractivity contribution in [2.45, 2.75) is 13.3 Å². The molecule has 1 aliphatic heterocycles. The highest BCUT2D eigenvalue weighted by Crippen LogP contribution is 2.03. The molecule has 10 heavy (non-hydrogen) atoms. The highest BCUT2D eigenvalue weighted by atomic mass is 32.1. The first kappa shape index (κ1) is 7.34. The van der Waals surface area contributed by atoms with Gasteiger partial charge in [0, 0.05) is 6.54 Å². The van der Waals surface area contributed by atoms with Gasteiger partial charge in [0.1, 0.15) is 5.82 Å². The maximum atomic E-state index is 5.62. The van der Waals surface area contributed by atoms with Crippen LogP contribution in [0.15, 0.2) is 11.4 Å². The average molecular weight is 157 g/mol. The van der Waals surface area contributed by atoms with Crippen LogP contribution in [0.2, 0.25) is 0 Å². The second kappa shape index (κ2) is 2.88. The lowest BCUT2D eigenvalue weighted by molar-refractivity contribution is 0.812. The molecule has 0 unspecified atom stereocenters. The molecule has 0 amide bonds. The Morgan fingerprint density at radius 3 is 2.90 bits per heavy atom. The molecule has 0 fully saturated rings. The highest BCUT2D eigenvalue weighted by Gasteiger charge is 2.09. The first-order valence-electron chi connectivity index (χ1n) is 3.26. The zero-order chi connectivity index (χ0) is 7.56. The summed E-state index contributed by atoms with van der Waals surface area (Å²) in [6.07, 6.45) is 0.967. The second-order valence-corrected chi connectivity index (χ2v) is 2.59. The van der Waals surface area contributed by atoms with Gasteiger partial charge in [0.2, 0.25) is 0 Å². The van der Waals surface area contributed by atoms with Gasteiger partial charge in [-0.15, -0.1) is 0 Å². The summed E-state index contributed by atoms with van der Waals surface area (Å²) in [5.41, 5.74) is 6.81. The van der Waals surface area contributed by atoms with E-state index in [9.17, 15) is 0 Å². The minimum atomic E-state index is 0.620. The zero-order valence-electron chi connectivity index (χ0n) is 5.90. The fourth-order valence-electron chi connectivity index (χ4n) is 0.853. The third-order valence-electron chi connectivity index (χ3n) is 1.52. The first-order chi connectivity index (χ1) is 4.74. The van der Waals surface area contributed by atoms with Crippen molar-refractivity contribution >= 4 is 17.3 Å². The molecular weight excluding hydrogens is 146 g/mol. The number of hydrogen-bond donors (Lipinski definition) is 3. The monoisotopic (exact) mass is 157 g/mol. The molecule has 1 aliphatic rings. The Morgan fingerprint density at radius 1 is 1.70 bits per heavy atom. The summed E-state index contributed by atoms with van der Waals surface area (Å²) in [5.74, 6) is 0.714. The van der Waals surface area contributed by atoms with Gasteiger partial charge in [-0.3, -0.25) is 0 Å². The van der Waals surface area contributed by atoms with E-state index in [1.54, 1.807) is 0 Å². The molecular formula is C6H11N3S. The Hall–Kier alpha value is -0.770. The number of thiocarbonyl (C=S) groups is 1. The smallest absolute Gasteiger partial charge is 0.172 e. The lowest BCUT2D eigenvalue weighted by Crippen LogP contribution is -2.44. The van der Waals surface area contributed by atoms with Crippen molar-refractivity contribution in [3.8, 4) is 0 Å². The van der Waals surface area contributed by atoms with E-state index in [0.29, 0.717) is 10.9 Å². The van der Waals surface area contributed by atoms with Crippen LogP contribution in [0.4, 0.5) is 0 Å². The minimum absolute atomic E-state index is 0.620. The molecule has 0 aromatic carbocycles. The normalized spacial score (nSPS) is 18.3. The lowest BCUT2D eigenvalue weighted by atomic mass is 10.2. The quantitative estimate of drug-likeness (QED) is 0.471. The summed E-state index contributed by atoms with van der Waals surface area (Å²) >= 11 is 4.85. The van der Waals surface area contributed by atoms with Crippen molar-refractivity contribution in [1.29, 1.82) is 0 Å². The summed E-state index contributed by atoms with van der Waals surface area (Å²) < 4.78 is 0. The average Bonchev–Trinajstić information content (AvgIpc) is 1.88. The van der Waals surface area contributed by atoms with Gasteiger partial charge >= 0.3 is 0 Å². The van der Waals surface area contributed by atoms with E-state index in [-0.39, 0.29) is 0 Å². The van der Waals surface area contributed by atoms with Crippen LogP contribution in [0.5, 0.6) is 0 Å². The third-order valence-corrected chi connectivity index (χ3v) is 1.76.